The minimum Gasteiger partial charge on any atom is -0.464 e. The van der Waals surface area contributed by atoms with E-state index in [0.29, 0.717) is 24.7 Å². The topological polar surface area (TPSA) is 80.6 Å². The SMILES string of the molecule is CNCc1cc(S(=O)(=O)NCCOC)c(C)o1. The highest BCUT2D eigenvalue weighted by molar-refractivity contribution is 7.89. The van der Waals surface area contributed by atoms with E-state index in [-0.39, 0.29) is 11.4 Å². The van der Waals surface area contributed by atoms with Crippen molar-refractivity contribution in [3.05, 3.63) is 17.6 Å². The van der Waals surface area contributed by atoms with Gasteiger partial charge in [-0.2, -0.15) is 0 Å². The third kappa shape index (κ3) is 3.81. The van der Waals surface area contributed by atoms with Gasteiger partial charge in [0.05, 0.1) is 13.2 Å². The number of methoxy groups -OCH3 is 1. The molecule has 0 aliphatic heterocycles. The van der Waals surface area contributed by atoms with Gasteiger partial charge in [0, 0.05) is 19.7 Å². The summed E-state index contributed by atoms with van der Waals surface area (Å²) in [7, 11) is -0.229. The van der Waals surface area contributed by atoms with Gasteiger partial charge in [-0.25, -0.2) is 13.1 Å². The molecule has 0 saturated carbocycles. The molecular formula is C10H18N2O4S. The molecule has 7 heteroatoms. The van der Waals surface area contributed by atoms with Crippen LogP contribution in [-0.2, 0) is 21.3 Å². The monoisotopic (exact) mass is 262 g/mol. The van der Waals surface area contributed by atoms with Crippen molar-refractivity contribution in [3.63, 3.8) is 0 Å². The van der Waals surface area contributed by atoms with Crippen LogP contribution in [0.5, 0.6) is 0 Å². The molecule has 1 aromatic heterocycles. The van der Waals surface area contributed by atoms with Crippen molar-refractivity contribution < 1.29 is 17.6 Å². The molecule has 0 atom stereocenters. The van der Waals surface area contributed by atoms with Crippen molar-refractivity contribution in [1.82, 2.24) is 10.0 Å². The van der Waals surface area contributed by atoms with Gasteiger partial charge in [0.25, 0.3) is 0 Å². The summed E-state index contributed by atoms with van der Waals surface area (Å²) in [5, 5.41) is 2.90. The fourth-order valence-electron chi connectivity index (χ4n) is 1.41. The first-order valence-electron chi connectivity index (χ1n) is 5.23. The highest BCUT2D eigenvalue weighted by Gasteiger charge is 2.20. The molecule has 0 saturated heterocycles. The summed E-state index contributed by atoms with van der Waals surface area (Å²) in [6.07, 6.45) is 0. The van der Waals surface area contributed by atoms with Crippen LogP contribution < -0.4 is 10.0 Å². The third-order valence-corrected chi connectivity index (χ3v) is 3.73. The van der Waals surface area contributed by atoms with Gasteiger partial charge in [-0.1, -0.05) is 0 Å². The van der Waals surface area contributed by atoms with E-state index in [4.69, 9.17) is 9.15 Å². The van der Waals surface area contributed by atoms with Crippen LogP contribution in [0.15, 0.2) is 15.4 Å². The normalized spacial score (nSPS) is 11.9. The van der Waals surface area contributed by atoms with Crippen molar-refractivity contribution >= 4 is 10.0 Å². The van der Waals surface area contributed by atoms with E-state index in [9.17, 15) is 8.42 Å². The van der Waals surface area contributed by atoms with Crippen LogP contribution in [0.3, 0.4) is 0 Å². The molecule has 17 heavy (non-hydrogen) atoms. The fourth-order valence-corrected chi connectivity index (χ4v) is 2.62. The Hall–Kier alpha value is -0.890. The van der Waals surface area contributed by atoms with Gasteiger partial charge in [0.1, 0.15) is 16.4 Å². The molecule has 2 N–H and O–H groups in total. The highest BCUT2D eigenvalue weighted by Crippen LogP contribution is 2.19. The first kappa shape index (κ1) is 14.2. The molecule has 0 amide bonds. The molecule has 0 unspecified atom stereocenters. The summed E-state index contributed by atoms with van der Waals surface area (Å²) < 4.78 is 36.4. The Morgan fingerprint density at radius 1 is 1.47 bits per heavy atom. The quantitative estimate of drug-likeness (QED) is 0.688. The predicted octanol–water partition coefficient (Wildman–Crippen LogP) is 0.232. The summed E-state index contributed by atoms with van der Waals surface area (Å²) in [5.74, 6) is 0.984. The van der Waals surface area contributed by atoms with Gasteiger partial charge in [0.2, 0.25) is 10.0 Å². The van der Waals surface area contributed by atoms with E-state index in [1.807, 2.05) is 0 Å². The number of rotatable bonds is 7. The molecule has 1 aromatic rings. The maximum atomic E-state index is 11.9. The first-order valence-corrected chi connectivity index (χ1v) is 6.72. The standard InChI is InChI=1S/C10H18N2O4S/c1-8-10(6-9(16-8)7-11-2)17(13,14)12-4-5-15-3/h6,11-12H,4-5,7H2,1-3H3. The van der Waals surface area contributed by atoms with Crippen LogP contribution in [0.2, 0.25) is 0 Å². The third-order valence-electron chi connectivity index (χ3n) is 2.16. The Morgan fingerprint density at radius 2 is 2.18 bits per heavy atom. The molecule has 6 nitrogen and oxygen atoms in total. The van der Waals surface area contributed by atoms with Crippen molar-refractivity contribution in [1.29, 1.82) is 0 Å². The molecule has 0 spiro atoms. The van der Waals surface area contributed by atoms with Gasteiger partial charge in [-0.15, -0.1) is 0 Å². The minimum atomic E-state index is -3.51. The van der Waals surface area contributed by atoms with E-state index in [1.54, 1.807) is 14.0 Å². The van der Waals surface area contributed by atoms with Crippen molar-refractivity contribution in [2.24, 2.45) is 0 Å². The van der Waals surface area contributed by atoms with E-state index >= 15 is 0 Å². The molecule has 0 aliphatic carbocycles. The van der Waals surface area contributed by atoms with Gasteiger partial charge < -0.3 is 14.5 Å². The van der Waals surface area contributed by atoms with Crippen molar-refractivity contribution in [2.45, 2.75) is 18.4 Å². The molecule has 1 rings (SSSR count). The van der Waals surface area contributed by atoms with Crippen molar-refractivity contribution in [2.75, 3.05) is 27.3 Å². The maximum Gasteiger partial charge on any atom is 0.244 e. The average molecular weight is 262 g/mol. The minimum absolute atomic E-state index is 0.179. The lowest BCUT2D eigenvalue weighted by Crippen LogP contribution is -2.27. The molecule has 0 aliphatic rings. The summed E-state index contributed by atoms with van der Waals surface area (Å²) >= 11 is 0. The summed E-state index contributed by atoms with van der Waals surface area (Å²) in [6, 6.07) is 1.53. The van der Waals surface area contributed by atoms with E-state index < -0.39 is 10.0 Å². The van der Waals surface area contributed by atoms with E-state index in [1.165, 1.54) is 13.2 Å². The number of ether oxygens (including phenoxy) is 1. The Kier molecular flexibility index (Phi) is 5.13. The number of sulfonamides is 1. The van der Waals surface area contributed by atoms with Crippen LogP contribution in [0, 0.1) is 6.92 Å². The van der Waals surface area contributed by atoms with Crippen LogP contribution in [0.1, 0.15) is 11.5 Å². The lowest BCUT2D eigenvalue weighted by atomic mass is 10.4. The van der Waals surface area contributed by atoms with Crippen LogP contribution in [0.4, 0.5) is 0 Å². The molecule has 0 radical (unpaired) electrons. The van der Waals surface area contributed by atoms with Crippen LogP contribution in [0.25, 0.3) is 0 Å². The molecule has 0 aromatic carbocycles. The smallest absolute Gasteiger partial charge is 0.244 e. The Morgan fingerprint density at radius 3 is 2.76 bits per heavy atom. The van der Waals surface area contributed by atoms with Gasteiger partial charge in [-0.3, -0.25) is 0 Å². The van der Waals surface area contributed by atoms with Gasteiger partial charge in [-0.05, 0) is 14.0 Å². The zero-order valence-electron chi connectivity index (χ0n) is 10.2. The van der Waals surface area contributed by atoms with Gasteiger partial charge >= 0.3 is 0 Å². The Balaban J connectivity index is 2.83. The number of aryl methyl sites for hydroxylation is 1. The maximum absolute atomic E-state index is 11.9. The number of hydrogen-bond acceptors (Lipinski definition) is 5. The summed E-state index contributed by atoms with van der Waals surface area (Å²) in [4.78, 5) is 0.179. The fraction of sp³-hybridized carbons (Fsp3) is 0.600. The average Bonchev–Trinajstić information content (AvgIpc) is 2.61. The van der Waals surface area contributed by atoms with Crippen molar-refractivity contribution in [3.8, 4) is 0 Å². The Labute approximate surface area is 101 Å². The largest absolute Gasteiger partial charge is 0.464 e. The zero-order chi connectivity index (χ0) is 12.9. The number of hydrogen-bond donors (Lipinski definition) is 2. The first-order chi connectivity index (χ1) is 8.01. The van der Waals surface area contributed by atoms with Crippen LogP contribution in [-0.4, -0.2) is 35.7 Å². The van der Waals surface area contributed by atoms with Gasteiger partial charge in [0.15, 0.2) is 0 Å². The summed E-state index contributed by atoms with van der Waals surface area (Å²) in [6.45, 7) is 2.70. The molecule has 98 valence electrons. The number of furan rings is 1. The highest BCUT2D eigenvalue weighted by atomic mass is 32.2. The second kappa shape index (κ2) is 6.15. The predicted molar refractivity (Wildman–Crippen MR) is 63.3 cm³/mol. The van der Waals surface area contributed by atoms with E-state index in [0.717, 1.165) is 0 Å². The molecule has 0 fully saturated rings. The summed E-state index contributed by atoms with van der Waals surface area (Å²) in [5.41, 5.74) is 0. The molecule has 1 heterocycles. The zero-order valence-corrected chi connectivity index (χ0v) is 11.1. The number of nitrogens with one attached hydrogen (secondary N) is 2. The van der Waals surface area contributed by atoms with Crippen LogP contribution >= 0.6 is 0 Å². The Bertz CT molecular complexity index is 453. The lowest BCUT2D eigenvalue weighted by Gasteiger charge is -2.04. The molecular weight excluding hydrogens is 244 g/mol. The lowest BCUT2D eigenvalue weighted by molar-refractivity contribution is 0.204. The van der Waals surface area contributed by atoms with E-state index in [2.05, 4.69) is 10.0 Å². The second-order valence-corrected chi connectivity index (χ2v) is 5.29. The molecule has 0 bridgehead atoms. The second-order valence-electron chi connectivity index (χ2n) is 3.55.